The highest BCUT2D eigenvalue weighted by atomic mass is 16.5. The molecule has 0 spiro atoms. The molecular weight excluding hydrogens is 500 g/mol. The van der Waals surface area contributed by atoms with Gasteiger partial charge in [-0.15, -0.1) is 13.2 Å². The third-order valence-electron chi connectivity index (χ3n) is 8.68. The van der Waals surface area contributed by atoms with Crippen LogP contribution in [0.25, 0.3) is 11.2 Å². The fraction of sp³-hybridized carbons (Fsp3) is 0.485. The lowest BCUT2D eigenvalue weighted by atomic mass is 9.81. The fourth-order valence-electron chi connectivity index (χ4n) is 6.32. The molecule has 1 saturated carbocycles. The van der Waals surface area contributed by atoms with Gasteiger partial charge in [-0.2, -0.15) is 0 Å². The van der Waals surface area contributed by atoms with Crippen molar-refractivity contribution >= 4 is 23.0 Å². The largest absolute Gasteiger partial charge is 0.466 e. The summed E-state index contributed by atoms with van der Waals surface area (Å²) in [7, 11) is 0. The lowest BCUT2D eigenvalue weighted by Gasteiger charge is -2.34. The zero-order chi connectivity index (χ0) is 28.1. The Morgan fingerprint density at radius 2 is 1.98 bits per heavy atom. The van der Waals surface area contributed by atoms with E-state index in [0.717, 1.165) is 80.3 Å². The Kier molecular flexibility index (Phi) is 8.88. The van der Waals surface area contributed by atoms with E-state index < -0.39 is 0 Å². The molecule has 3 aromatic rings. The molecule has 1 amide bonds. The molecule has 40 heavy (non-hydrogen) atoms. The predicted molar refractivity (Wildman–Crippen MR) is 158 cm³/mol. The van der Waals surface area contributed by atoms with Crippen molar-refractivity contribution in [3.05, 3.63) is 78.0 Å². The van der Waals surface area contributed by atoms with Crippen LogP contribution < -0.4 is 0 Å². The van der Waals surface area contributed by atoms with Gasteiger partial charge >= 0.3 is 5.97 Å². The first kappa shape index (κ1) is 27.9. The van der Waals surface area contributed by atoms with Crippen LogP contribution in [0.2, 0.25) is 0 Å². The summed E-state index contributed by atoms with van der Waals surface area (Å²) in [5.41, 5.74) is 6.40. The molecule has 1 fully saturated rings. The van der Waals surface area contributed by atoms with Gasteiger partial charge in [-0.05, 0) is 86.1 Å². The van der Waals surface area contributed by atoms with Crippen molar-refractivity contribution in [1.29, 1.82) is 0 Å². The van der Waals surface area contributed by atoms with Gasteiger partial charge in [0.05, 0.1) is 18.5 Å². The van der Waals surface area contributed by atoms with Gasteiger partial charge in [0.25, 0.3) is 0 Å². The number of H-pyrrole nitrogens is 1. The lowest BCUT2D eigenvalue weighted by molar-refractivity contribution is -0.143. The Morgan fingerprint density at radius 3 is 2.70 bits per heavy atom. The standard InChI is InChI=1S/C33H42N4O3/c1-4-7-8-16-37-32-30(35-37)19-27(21-34-32)29(20-31(38)40-6-3)26-14-13-24-15-17-36(22-28(24)18-26)33(39)25-11-9-23(5-2)10-12-25/h4-5,13-14,18-19,21,23,25,29,35H,1-2,6-12,15-17,20,22H2,3H3. The zero-order valence-electron chi connectivity index (χ0n) is 23.7. The SMILES string of the molecule is C=CCCCn1[nH]c2cc(C(CC(=O)OCC)c3ccc4c(c3)CN(C(=O)C3CCC(C=C)CC3)CC4)cnc21. The van der Waals surface area contributed by atoms with Crippen LogP contribution in [-0.2, 0) is 33.8 Å². The van der Waals surface area contributed by atoms with E-state index in [9.17, 15) is 9.59 Å². The summed E-state index contributed by atoms with van der Waals surface area (Å²) in [4.78, 5) is 32.9. The fourth-order valence-corrected chi connectivity index (χ4v) is 6.32. The van der Waals surface area contributed by atoms with E-state index in [1.807, 2.05) is 30.2 Å². The molecule has 1 atom stereocenters. The smallest absolute Gasteiger partial charge is 0.306 e. The number of nitrogens with zero attached hydrogens (tertiary/aromatic N) is 3. The number of carbonyl (C=O) groups is 2. The maximum Gasteiger partial charge on any atom is 0.306 e. The Balaban J connectivity index is 1.36. The molecule has 1 N–H and O–H groups in total. The Labute approximate surface area is 237 Å². The number of aromatic amines is 1. The molecule has 2 aliphatic rings. The minimum atomic E-state index is -0.223. The van der Waals surface area contributed by atoms with Gasteiger partial charge in [-0.3, -0.25) is 19.4 Å². The molecule has 1 aliphatic heterocycles. The Hall–Kier alpha value is -3.61. The minimum absolute atomic E-state index is 0.120. The van der Waals surface area contributed by atoms with E-state index in [-0.39, 0.29) is 30.1 Å². The van der Waals surface area contributed by atoms with Crippen LogP contribution in [0.1, 0.15) is 80.0 Å². The first-order chi connectivity index (χ1) is 19.5. The Bertz CT molecular complexity index is 1360. The summed E-state index contributed by atoms with van der Waals surface area (Å²) in [6.45, 7) is 12.2. The quantitative estimate of drug-likeness (QED) is 0.175. The second kappa shape index (κ2) is 12.7. The normalized spacial score (nSPS) is 19.7. The molecule has 2 aromatic heterocycles. The van der Waals surface area contributed by atoms with E-state index in [4.69, 9.17) is 9.72 Å². The number of nitrogens with one attached hydrogen (secondary N) is 1. The molecule has 1 unspecified atom stereocenters. The number of ether oxygens (including phenoxy) is 1. The molecule has 0 saturated heterocycles. The number of amides is 1. The van der Waals surface area contributed by atoms with E-state index >= 15 is 0 Å². The van der Waals surface area contributed by atoms with Gasteiger partial charge in [-0.1, -0.05) is 30.4 Å². The number of aromatic nitrogens is 3. The van der Waals surface area contributed by atoms with Crippen LogP contribution in [0.4, 0.5) is 0 Å². The third kappa shape index (κ3) is 6.08. The van der Waals surface area contributed by atoms with Gasteiger partial charge in [-0.25, -0.2) is 4.98 Å². The van der Waals surface area contributed by atoms with Crippen molar-refractivity contribution in [3.8, 4) is 0 Å². The molecule has 5 rings (SSSR count). The van der Waals surface area contributed by atoms with Gasteiger partial charge in [0, 0.05) is 37.7 Å². The van der Waals surface area contributed by atoms with Crippen molar-refractivity contribution in [2.45, 2.75) is 77.3 Å². The summed E-state index contributed by atoms with van der Waals surface area (Å²) in [5, 5.41) is 3.38. The van der Waals surface area contributed by atoms with Crippen LogP contribution in [0.3, 0.4) is 0 Å². The highest BCUT2D eigenvalue weighted by Gasteiger charge is 2.31. The first-order valence-corrected chi connectivity index (χ1v) is 14.8. The molecule has 1 aliphatic carbocycles. The maximum atomic E-state index is 13.4. The number of benzene rings is 1. The summed E-state index contributed by atoms with van der Waals surface area (Å²) in [5.74, 6) is 0.551. The molecule has 0 bridgehead atoms. The minimum Gasteiger partial charge on any atom is -0.466 e. The highest BCUT2D eigenvalue weighted by molar-refractivity contribution is 5.79. The van der Waals surface area contributed by atoms with Crippen molar-refractivity contribution < 1.29 is 14.3 Å². The predicted octanol–water partition coefficient (Wildman–Crippen LogP) is 6.29. The third-order valence-corrected chi connectivity index (χ3v) is 8.68. The number of carbonyl (C=O) groups excluding carboxylic acids is 2. The second-order valence-electron chi connectivity index (χ2n) is 11.3. The van der Waals surface area contributed by atoms with Gasteiger partial charge in [0.2, 0.25) is 5.91 Å². The van der Waals surface area contributed by atoms with E-state index in [1.54, 1.807) is 0 Å². The van der Waals surface area contributed by atoms with Crippen molar-refractivity contribution in [3.63, 3.8) is 0 Å². The number of pyridine rings is 1. The summed E-state index contributed by atoms with van der Waals surface area (Å²) < 4.78 is 7.40. The number of fused-ring (bicyclic) bond motifs is 2. The van der Waals surface area contributed by atoms with Crippen molar-refractivity contribution in [2.24, 2.45) is 11.8 Å². The highest BCUT2D eigenvalue weighted by Crippen LogP contribution is 2.35. The summed E-state index contributed by atoms with van der Waals surface area (Å²) in [6.07, 6.45) is 12.9. The number of hydrogen-bond acceptors (Lipinski definition) is 4. The average molecular weight is 543 g/mol. The van der Waals surface area contributed by atoms with Crippen LogP contribution in [-0.4, -0.2) is 44.7 Å². The maximum absolute atomic E-state index is 13.4. The molecule has 3 heterocycles. The molecular formula is C33H42N4O3. The number of allylic oxidation sites excluding steroid dienone is 2. The molecule has 212 valence electrons. The van der Waals surface area contributed by atoms with E-state index in [0.29, 0.717) is 19.1 Å². The van der Waals surface area contributed by atoms with Crippen LogP contribution in [0, 0.1) is 11.8 Å². The second-order valence-corrected chi connectivity index (χ2v) is 11.3. The molecule has 7 heteroatoms. The van der Waals surface area contributed by atoms with Gasteiger partial charge < -0.3 is 9.64 Å². The number of esters is 1. The topological polar surface area (TPSA) is 80.2 Å². The Morgan fingerprint density at radius 1 is 1.15 bits per heavy atom. The number of rotatable bonds is 11. The van der Waals surface area contributed by atoms with Crippen LogP contribution in [0.15, 0.2) is 55.8 Å². The number of unbranched alkanes of at least 4 members (excludes halogenated alkanes) is 1. The van der Waals surface area contributed by atoms with Gasteiger partial charge in [0.1, 0.15) is 0 Å². The summed E-state index contributed by atoms with van der Waals surface area (Å²) >= 11 is 0. The van der Waals surface area contributed by atoms with E-state index in [1.165, 1.54) is 11.1 Å². The van der Waals surface area contributed by atoms with Crippen LogP contribution >= 0.6 is 0 Å². The number of hydrogen-bond donors (Lipinski definition) is 1. The zero-order valence-corrected chi connectivity index (χ0v) is 23.7. The summed E-state index contributed by atoms with van der Waals surface area (Å²) in [6, 6.07) is 8.60. The first-order valence-electron chi connectivity index (χ1n) is 14.8. The number of aryl methyl sites for hydroxylation is 1. The lowest BCUT2D eigenvalue weighted by Crippen LogP contribution is -2.40. The van der Waals surface area contributed by atoms with Crippen LogP contribution in [0.5, 0.6) is 0 Å². The molecule has 7 nitrogen and oxygen atoms in total. The monoisotopic (exact) mass is 542 g/mol. The van der Waals surface area contributed by atoms with Gasteiger partial charge in [0.15, 0.2) is 5.65 Å². The van der Waals surface area contributed by atoms with Crippen molar-refractivity contribution in [2.75, 3.05) is 13.2 Å². The van der Waals surface area contributed by atoms with Crippen molar-refractivity contribution in [1.82, 2.24) is 19.7 Å². The average Bonchev–Trinajstić information content (AvgIpc) is 2.97. The molecule has 0 radical (unpaired) electrons. The molecule has 1 aromatic carbocycles. The van der Waals surface area contributed by atoms with E-state index in [2.05, 4.69) is 47.2 Å².